The van der Waals surface area contributed by atoms with Gasteiger partial charge in [-0.1, -0.05) is 0 Å². The predicted octanol–water partition coefficient (Wildman–Crippen LogP) is 1.77. The third-order valence-electron chi connectivity index (χ3n) is 2.84. The second kappa shape index (κ2) is 4.57. The highest BCUT2D eigenvalue weighted by molar-refractivity contribution is 6.02. The molecule has 4 nitrogen and oxygen atoms in total. The minimum atomic E-state index is -0.335. The maximum Gasteiger partial charge on any atom is 0.338 e. The third-order valence-corrected chi connectivity index (χ3v) is 2.84. The van der Waals surface area contributed by atoms with Crippen LogP contribution in [0.4, 0.5) is 5.69 Å². The zero-order valence-electron chi connectivity index (χ0n) is 10.0. The van der Waals surface area contributed by atoms with Crippen LogP contribution in [0, 0.1) is 0 Å². The van der Waals surface area contributed by atoms with Crippen molar-refractivity contribution in [3.8, 4) is 0 Å². The molecule has 2 rings (SSSR count). The van der Waals surface area contributed by atoms with Crippen LogP contribution in [0.1, 0.15) is 29.8 Å². The molecule has 0 saturated heterocycles. The topological polar surface area (TPSA) is 46.6 Å². The quantitative estimate of drug-likeness (QED) is 0.747. The third kappa shape index (κ3) is 2.02. The van der Waals surface area contributed by atoms with Crippen molar-refractivity contribution in [2.24, 2.45) is 0 Å². The van der Waals surface area contributed by atoms with Gasteiger partial charge in [-0.15, -0.1) is 0 Å². The second-order valence-corrected chi connectivity index (χ2v) is 3.88. The van der Waals surface area contributed by atoms with Crippen molar-refractivity contribution in [2.45, 2.75) is 20.3 Å². The van der Waals surface area contributed by atoms with Crippen LogP contribution in [0.3, 0.4) is 0 Å². The second-order valence-electron chi connectivity index (χ2n) is 3.88. The van der Waals surface area contributed by atoms with Gasteiger partial charge in [-0.3, -0.25) is 4.79 Å². The lowest BCUT2D eigenvalue weighted by Crippen LogP contribution is -2.25. The minimum absolute atomic E-state index is 0.0866. The van der Waals surface area contributed by atoms with Crippen LogP contribution in [-0.4, -0.2) is 25.0 Å². The van der Waals surface area contributed by atoms with E-state index in [1.807, 2.05) is 13.0 Å². The van der Waals surface area contributed by atoms with Crippen LogP contribution in [0.5, 0.6) is 0 Å². The fourth-order valence-corrected chi connectivity index (χ4v) is 2.07. The molecular formula is C13H15NO3. The van der Waals surface area contributed by atoms with Gasteiger partial charge in [0, 0.05) is 12.2 Å². The predicted molar refractivity (Wildman–Crippen MR) is 64.1 cm³/mol. The van der Waals surface area contributed by atoms with Gasteiger partial charge in [-0.2, -0.15) is 0 Å². The minimum Gasteiger partial charge on any atom is -0.462 e. The molecule has 0 aliphatic carbocycles. The number of hydrogen-bond donors (Lipinski definition) is 0. The number of carbonyl (C=O) groups excluding carboxylic acids is 2. The van der Waals surface area contributed by atoms with Gasteiger partial charge >= 0.3 is 5.97 Å². The summed E-state index contributed by atoms with van der Waals surface area (Å²) in [5.74, 6) is -0.249. The summed E-state index contributed by atoms with van der Waals surface area (Å²) in [4.78, 5) is 25.0. The highest BCUT2D eigenvalue weighted by Crippen LogP contribution is 2.29. The van der Waals surface area contributed by atoms with E-state index in [2.05, 4.69) is 0 Å². The van der Waals surface area contributed by atoms with Gasteiger partial charge in [0.15, 0.2) is 0 Å². The summed E-state index contributed by atoms with van der Waals surface area (Å²) in [5, 5.41) is 0. The van der Waals surface area contributed by atoms with Crippen LogP contribution < -0.4 is 4.90 Å². The van der Waals surface area contributed by atoms with E-state index in [0.717, 1.165) is 11.3 Å². The van der Waals surface area contributed by atoms with Gasteiger partial charge in [0.1, 0.15) is 0 Å². The molecule has 90 valence electrons. The van der Waals surface area contributed by atoms with Gasteiger partial charge < -0.3 is 9.64 Å². The number of fused-ring (bicyclic) bond motifs is 1. The molecule has 1 aliphatic heterocycles. The fraction of sp³-hybridized carbons (Fsp3) is 0.385. The molecule has 1 aliphatic rings. The highest BCUT2D eigenvalue weighted by Gasteiger charge is 2.26. The van der Waals surface area contributed by atoms with Crippen molar-refractivity contribution in [1.29, 1.82) is 0 Å². The summed E-state index contributed by atoms with van der Waals surface area (Å²) in [6.07, 6.45) is 0.371. The molecule has 17 heavy (non-hydrogen) atoms. The van der Waals surface area contributed by atoms with Crippen LogP contribution >= 0.6 is 0 Å². The molecule has 1 amide bonds. The number of esters is 1. The van der Waals surface area contributed by atoms with Crippen molar-refractivity contribution in [2.75, 3.05) is 18.1 Å². The monoisotopic (exact) mass is 233 g/mol. The van der Waals surface area contributed by atoms with E-state index in [4.69, 9.17) is 4.74 Å². The van der Waals surface area contributed by atoms with Crippen LogP contribution in [0.15, 0.2) is 18.2 Å². The number of amides is 1. The molecule has 0 bridgehead atoms. The zero-order chi connectivity index (χ0) is 12.4. The Bertz CT molecular complexity index is 468. The summed E-state index contributed by atoms with van der Waals surface area (Å²) in [6.45, 7) is 4.72. The van der Waals surface area contributed by atoms with Crippen molar-refractivity contribution in [1.82, 2.24) is 0 Å². The Kier molecular flexibility index (Phi) is 3.13. The lowest BCUT2D eigenvalue weighted by atomic mass is 10.1. The number of rotatable bonds is 3. The molecule has 1 aromatic rings. The SMILES string of the molecule is CCOC(=O)c1ccc2c(c1)CC(=O)N2CC. The van der Waals surface area contributed by atoms with Crippen molar-refractivity contribution in [3.63, 3.8) is 0 Å². The Balaban J connectivity index is 2.31. The van der Waals surface area contributed by atoms with Crippen molar-refractivity contribution >= 4 is 17.6 Å². The smallest absolute Gasteiger partial charge is 0.338 e. The molecule has 0 fully saturated rings. The van der Waals surface area contributed by atoms with Gasteiger partial charge in [0.2, 0.25) is 5.91 Å². The molecule has 0 unspecified atom stereocenters. The summed E-state index contributed by atoms with van der Waals surface area (Å²) in [6, 6.07) is 5.27. The summed E-state index contributed by atoms with van der Waals surface area (Å²) in [7, 11) is 0. The molecule has 0 saturated carbocycles. The summed E-state index contributed by atoms with van der Waals surface area (Å²) >= 11 is 0. The average molecular weight is 233 g/mol. The zero-order valence-corrected chi connectivity index (χ0v) is 10.0. The molecule has 4 heteroatoms. The van der Waals surface area contributed by atoms with E-state index in [9.17, 15) is 9.59 Å². The van der Waals surface area contributed by atoms with E-state index >= 15 is 0 Å². The molecule has 0 spiro atoms. The number of anilines is 1. The van der Waals surface area contributed by atoms with E-state index in [0.29, 0.717) is 25.1 Å². The molecule has 1 aromatic carbocycles. The molecule has 0 aromatic heterocycles. The van der Waals surface area contributed by atoms with Crippen molar-refractivity contribution < 1.29 is 14.3 Å². The van der Waals surface area contributed by atoms with E-state index in [-0.39, 0.29) is 11.9 Å². The number of hydrogen-bond acceptors (Lipinski definition) is 3. The lowest BCUT2D eigenvalue weighted by Gasteiger charge is -2.14. The first-order valence-corrected chi connectivity index (χ1v) is 5.77. The van der Waals surface area contributed by atoms with Crippen LogP contribution in [0.2, 0.25) is 0 Å². The Morgan fingerprint density at radius 1 is 1.41 bits per heavy atom. The number of nitrogens with zero attached hydrogens (tertiary/aromatic N) is 1. The average Bonchev–Trinajstić information content (AvgIpc) is 2.63. The summed E-state index contributed by atoms with van der Waals surface area (Å²) < 4.78 is 4.93. The Morgan fingerprint density at radius 3 is 2.82 bits per heavy atom. The van der Waals surface area contributed by atoms with Gasteiger partial charge in [-0.05, 0) is 37.6 Å². The van der Waals surface area contributed by atoms with Crippen LogP contribution in [0.25, 0.3) is 0 Å². The first-order chi connectivity index (χ1) is 8.17. The largest absolute Gasteiger partial charge is 0.462 e. The normalized spacial score (nSPS) is 13.8. The molecule has 0 atom stereocenters. The molecular weight excluding hydrogens is 218 g/mol. The Hall–Kier alpha value is -1.84. The van der Waals surface area contributed by atoms with Gasteiger partial charge in [-0.25, -0.2) is 4.79 Å². The fourth-order valence-electron chi connectivity index (χ4n) is 2.07. The maximum atomic E-state index is 11.7. The van der Waals surface area contributed by atoms with Gasteiger partial charge in [0.25, 0.3) is 0 Å². The molecule has 0 N–H and O–H groups in total. The lowest BCUT2D eigenvalue weighted by molar-refractivity contribution is -0.117. The number of ether oxygens (including phenoxy) is 1. The first kappa shape index (κ1) is 11.6. The number of carbonyl (C=O) groups is 2. The Labute approximate surface area is 100 Å². The van der Waals surface area contributed by atoms with Crippen molar-refractivity contribution in [3.05, 3.63) is 29.3 Å². The molecule has 0 radical (unpaired) electrons. The number of benzene rings is 1. The Morgan fingerprint density at radius 2 is 2.18 bits per heavy atom. The highest BCUT2D eigenvalue weighted by atomic mass is 16.5. The first-order valence-electron chi connectivity index (χ1n) is 5.77. The van der Waals surface area contributed by atoms with E-state index in [1.165, 1.54) is 0 Å². The number of likely N-dealkylation sites (N-methyl/N-ethyl adjacent to an activating group) is 1. The summed E-state index contributed by atoms with van der Waals surface area (Å²) in [5.41, 5.74) is 2.32. The standard InChI is InChI=1S/C13H15NO3/c1-3-14-11-6-5-9(13(16)17-4-2)7-10(11)8-12(14)15/h5-7H,3-4,8H2,1-2H3. The van der Waals surface area contributed by atoms with Crippen LogP contribution in [-0.2, 0) is 16.0 Å². The maximum absolute atomic E-state index is 11.7. The van der Waals surface area contributed by atoms with E-state index in [1.54, 1.807) is 24.0 Å². The molecule has 1 heterocycles. The van der Waals surface area contributed by atoms with E-state index < -0.39 is 0 Å². The van der Waals surface area contributed by atoms with Gasteiger partial charge in [0.05, 0.1) is 18.6 Å².